The van der Waals surface area contributed by atoms with Crippen molar-refractivity contribution < 1.29 is 9.18 Å². The van der Waals surface area contributed by atoms with Crippen LogP contribution in [0.5, 0.6) is 0 Å². The zero-order chi connectivity index (χ0) is 13.7. The van der Waals surface area contributed by atoms with E-state index in [-0.39, 0.29) is 17.5 Å². The number of hydrogen-bond donors (Lipinski definition) is 0. The van der Waals surface area contributed by atoms with E-state index < -0.39 is 0 Å². The second-order valence-electron chi connectivity index (χ2n) is 5.73. The van der Waals surface area contributed by atoms with Crippen molar-refractivity contribution in [2.75, 3.05) is 0 Å². The molecule has 0 aromatic heterocycles. The fourth-order valence-corrected chi connectivity index (χ4v) is 3.08. The fraction of sp³-hybridized carbons (Fsp3) is 0.588. The topological polar surface area (TPSA) is 17.1 Å². The van der Waals surface area contributed by atoms with E-state index in [1.807, 2.05) is 0 Å². The van der Waals surface area contributed by atoms with Crippen LogP contribution in [0, 0.1) is 17.7 Å². The second kappa shape index (κ2) is 6.83. The molecular formula is C17H23FO. The highest BCUT2D eigenvalue weighted by Gasteiger charge is 2.26. The van der Waals surface area contributed by atoms with E-state index in [0.717, 1.165) is 31.6 Å². The Morgan fingerprint density at radius 3 is 2.63 bits per heavy atom. The predicted molar refractivity (Wildman–Crippen MR) is 75.7 cm³/mol. The Bertz CT molecular complexity index is 419. The quantitative estimate of drug-likeness (QED) is 0.682. The molecule has 1 aliphatic rings. The van der Waals surface area contributed by atoms with Gasteiger partial charge in [0, 0.05) is 11.5 Å². The first-order valence-electron chi connectivity index (χ1n) is 7.50. The van der Waals surface area contributed by atoms with E-state index in [1.54, 1.807) is 12.1 Å². The van der Waals surface area contributed by atoms with Crippen molar-refractivity contribution in [2.45, 2.75) is 51.9 Å². The molecule has 1 fully saturated rings. The zero-order valence-corrected chi connectivity index (χ0v) is 11.7. The van der Waals surface area contributed by atoms with Gasteiger partial charge in [-0.25, -0.2) is 4.39 Å². The van der Waals surface area contributed by atoms with E-state index >= 15 is 0 Å². The Labute approximate surface area is 115 Å². The van der Waals surface area contributed by atoms with Crippen molar-refractivity contribution in [1.82, 2.24) is 0 Å². The first-order valence-corrected chi connectivity index (χ1v) is 7.50. The van der Waals surface area contributed by atoms with E-state index in [4.69, 9.17) is 0 Å². The molecule has 0 heterocycles. The third-order valence-electron chi connectivity index (χ3n) is 4.29. The molecule has 1 aromatic carbocycles. The van der Waals surface area contributed by atoms with E-state index in [2.05, 4.69) is 6.92 Å². The summed E-state index contributed by atoms with van der Waals surface area (Å²) in [5.41, 5.74) is 0.539. The molecule has 1 saturated carbocycles. The molecule has 104 valence electrons. The summed E-state index contributed by atoms with van der Waals surface area (Å²) in [6, 6.07) is 6.11. The summed E-state index contributed by atoms with van der Waals surface area (Å²) in [5.74, 6) is 0.729. The lowest BCUT2D eigenvalue weighted by atomic mass is 9.77. The number of hydrogen-bond acceptors (Lipinski definition) is 1. The Morgan fingerprint density at radius 1 is 1.26 bits per heavy atom. The third-order valence-corrected chi connectivity index (χ3v) is 4.29. The maximum absolute atomic E-state index is 13.1. The number of benzene rings is 1. The molecule has 0 bridgehead atoms. The van der Waals surface area contributed by atoms with Crippen molar-refractivity contribution >= 4 is 5.78 Å². The zero-order valence-electron chi connectivity index (χ0n) is 11.7. The predicted octanol–water partition coefficient (Wildman–Crippen LogP) is 5.01. The van der Waals surface area contributed by atoms with Gasteiger partial charge in [0.25, 0.3) is 0 Å². The summed E-state index contributed by atoms with van der Waals surface area (Å²) in [7, 11) is 0. The van der Waals surface area contributed by atoms with Gasteiger partial charge in [0.15, 0.2) is 5.78 Å². The van der Waals surface area contributed by atoms with Crippen LogP contribution in [0.3, 0.4) is 0 Å². The normalized spacial score (nSPS) is 23.3. The minimum absolute atomic E-state index is 0.111. The summed E-state index contributed by atoms with van der Waals surface area (Å²) in [6.45, 7) is 2.22. The Morgan fingerprint density at radius 2 is 2.00 bits per heavy atom. The van der Waals surface area contributed by atoms with Crippen LogP contribution < -0.4 is 0 Å². The van der Waals surface area contributed by atoms with Gasteiger partial charge in [0.05, 0.1) is 0 Å². The number of unbranched alkanes of at least 4 members (excludes halogenated alkanes) is 1. The van der Waals surface area contributed by atoms with Gasteiger partial charge in [-0.05, 0) is 43.7 Å². The van der Waals surface area contributed by atoms with Gasteiger partial charge >= 0.3 is 0 Å². The minimum atomic E-state index is -0.317. The number of ketones is 1. The third kappa shape index (κ3) is 3.89. The van der Waals surface area contributed by atoms with E-state index in [0.29, 0.717) is 5.56 Å². The largest absolute Gasteiger partial charge is 0.294 e. The molecule has 0 aliphatic heterocycles. The van der Waals surface area contributed by atoms with Crippen molar-refractivity contribution in [2.24, 2.45) is 11.8 Å². The lowest BCUT2D eigenvalue weighted by molar-refractivity contribution is 0.0869. The van der Waals surface area contributed by atoms with Gasteiger partial charge in [-0.3, -0.25) is 4.79 Å². The summed E-state index contributed by atoms with van der Waals surface area (Å²) >= 11 is 0. The van der Waals surface area contributed by atoms with Crippen LogP contribution >= 0.6 is 0 Å². The van der Waals surface area contributed by atoms with Gasteiger partial charge in [-0.1, -0.05) is 38.3 Å². The van der Waals surface area contributed by atoms with Crippen LogP contribution in [0.2, 0.25) is 0 Å². The van der Waals surface area contributed by atoms with Crippen LogP contribution in [0.1, 0.15) is 62.2 Å². The van der Waals surface area contributed by atoms with E-state index in [9.17, 15) is 9.18 Å². The number of Topliss-reactive ketones (excluding diaryl/α,β-unsaturated/α-hetero) is 1. The smallest absolute Gasteiger partial charge is 0.166 e. The first-order chi connectivity index (χ1) is 9.20. The lowest BCUT2D eigenvalue weighted by Gasteiger charge is -2.27. The van der Waals surface area contributed by atoms with Gasteiger partial charge in [-0.2, -0.15) is 0 Å². The molecule has 0 N–H and O–H groups in total. The highest BCUT2D eigenvalue weighted by Crippen LogP contribution is 2.33. The number of carbonyl (C=O) groups is 1. The second-order valence-corrected chi connectivity index (χ2v) is 5.73. The summed E-state index contributed by atoms with van der Waals surface area (Å²) in [5, 5.41) is 0. The minimum Gasteiger partial charge on any atom is -0.294 e. The summed E-state index contributed by atoms with van der Waals surface area (Å²) in [6.07, 6.45) is 8.12. The molecule has 0 spiro atoms. The average Bonchev–Trinajstić information content (AvgIpc) is 2.45. The van der Waals surface area contributed by atoms with Gasteiger partial charge in [0.2, 0.25) is 0 Å². The summed E-state index contributed by atoms with van der Waals surface area (Å²) in [4.78, 5) is 12.3. The molecule has 0 amide bonds. The molecule has 0 saturated heterocycles. The van der Waals surface area contributed by atoms with Crippen LogP contribution in [0.4, 0.5) is 4.39 Å². The molecule has 0 radical (unpaired) electrons. The maximum Gasteiger partial charge on any atom is 0.166 e. The standard InChI is InChI=1S/C17H23FO/c1-2-3-5-13-8-10-14(11-9-13)17(19)15-6-4-7-16(18)12-15/h4,6-7,12-14H,2-3,5,8-11H2,1H3. The molecule has 1 aromatic rings. The molecule has 1 aliphatic carbocycles. The monoisotopic (exact) mass is 262 g/mol. The number of halogens is 1. The lowest BCUT2D eigenvalue weighted by Crippen LogP contribution is -2.22. The molecule has 2 heteroatoms. The number of rotatable bonds is 5. The Hall–Kier alpha value is -1.18. The molecule has 0 unspecified atom stereocenters. The van der Waals surface area contributed by atoms with Crippen molar-refractivity contribution in [3.63, 3.8) is 0 Å². The molecule has 19 heavy (non-hydrogen) atoms. The van der Waals surface area contributed by atoms with E-state index in [1.165, 1.54) is 31.4 Å². The summed E-state index contributed by atoms with van der Waals surface area (Å²) < 4.78 is 13.1. The van der Waals surface area contributed by atoms with Crippen molar-refractivity contribution in [1.29, 1.82) is 0 Å². The SMILES string of the molecule is CCCCC1CCC(C(=O)c2cccc(F)c2)CC1. The van der Waals surface area contributed by atoms with Gasteiger partial charge < -0.3 is 0 Å². The van der Waals surface area contributed by atoms with Crippen LogP contribution in [0.25, 0.3) is 0 Å². The van der Waals surface area contributed by atoms with Gasteiger partial charge in [0.1, 0.15) is 5.82 Å². The number of carbonyl (C=O) groups excluding carboxylic acids is 1. The van der Waals surface area contributed by atoms with Crippen LogP contribution in [0.15, 0.2) is 24.3 Å². The average molecular weight is 262 g/mol. The van der Waals surface area contributed by atoms with Gasteiger partial charge in [-0.15, -0.1) is 0 Å². The highest BCUT2D eigenvalue weighted by atomic mass is 19.1. The molecule has 2 rings (SSSR count). The fourth-order valence-electron chi connectivity index (χ4n) is 3.08. The van der Waals surface area contributed by atoms with Crippen molar-refractivity contribution in [3.05, 3.63) is 35.6 Å². The van der Waals surface area contributed by atoms with Crippen molar-refractivity contribution in [3.8, 4) is 0 Å². The molecular weight excluding hydrogens is 239 g/mol. The molecule has 0 atom stereocenters. The Kier molecular flexibility index (Phi) is 5.12. The molecule has 1 nitrogen and oxygen atoms in total. The Balaban J connectivity index is 1.89. The van der Waals surface area contributed by atoms with Crippen LogP contribution in [-0.2, 0) is 0 Å². The highest BCUT2D eigenvalue weighted by molar-refractivity contribution is 5.97. The van der Waals surface area contributed by atoms with Crippen LogP contribution in [-0.4, -0.2) is 5.78 Å². The first kappa shape index (κ1) is 14.2. The maximum atomic E-state index is 13.1.